The van der Waals surface area contributed by atoms with Gasteiger partial charge in [-0.05, 0) is 18.1 Å². The molecule has 20 heavy (non-hydrogen) atoms. The Morgan fingerprint density at radius 2 is 2.00 bits per heavy atom. The first-order valence-corrected chi connectivity index (χ1v) is 6.69. The SMILES string of the molecule is COCC(C)CC(=O)Nc1nc2ccccc2nc1Cl. The first kappa shape index (κ1) is 14.7. The van der Waals surface area contributed by atoms with E-state index in [2.05, 4.69) is 15.3 Å². The molecule has 5 nitrogen and oxygen atoms in total. The Bertz CT molecular complexity index is 618. The summed E-state index contributed by atoms with van der Waals surface area (Å²) >= 11 is 6.03. The van der Waals surface area contributed by atoms with E-state index >= 15 is 0 Å². The maximum absolute atomic E-state index is 11.9. The van der Waals surface area contributed by atoms with Crippen molar-refractivity contribution in [2.24, 2.45) is 5.92 Å². The molecule has 1 N–H and O–H groups in total. The van der Waals surface area contributed by atoms with Gasteiger partial charge in [0.05, 0.1) is 11.0 Å². The van der Waals surface area contributed by atoms with Crippen LogP contribution in [0.25, 0.3) is 11.0 Å². The normalized spacial score (nSPS) is 12.3. The summed E-state index contributed by atoms with van der Waals surface area (Å²) in [6, 6.07) is 7.36. The molecular weight excluding hydrogens is 278 g/mol. The van der Waals surface area contributed by atoms with Gasteiger partial charge in [-0.3, -0.25) is 4.79 Å². The lowest BCUT2D eigenvalue weighted by Crippen LogP contribution is -2.18. The highest BCUT2D eigenvalue weighted by atomic mass is 35.5. The van der Waals surface area contributed by atoms with Crippen LogP contribution >= 0.6 is 11.6 Å². The van der Waals surface area contributed by atoms with Gasteiger partial charge in [0, 0.05) is 20.1 Å². The van der Waals surface area contributed by atoms with E-state index in [0.717, 1.165) is 0 Å². The van der Waals surface area contributed by atoms with Crippen LogP contribution in [0.15, 0.2) is 24.3 Å². The second kappa shape index (κ2) is 6.63. The van der Waals surface area contributed by atoms with Crippen LogP contribution in [0, 0.1) is 5.92 Å². The number of ether oxygens (including phenoxy) is 1. The molecule has 2 rings (SSSR count). The number of benzene rings is 1. The Morgan fingerprint density at radius 3 is 2.65 bits per heavy atom. The minimum absolute atomic E-state index is 0.132. The van der Waals surface area contributed by atoms with Gasteiger partial charge < -0.3 is 10.1 Å². The number of amides is 1. The van der Waals surface area contributed by atoms with Crippen LogP contribution < -0.4 is 5.32 Å². The van der Waals surface area contributed by atoms with Crippen molar-refractivity contribution in [2.45, 2.75) is 13.3 Å². The van der Waals surface area contributed by atoms with E-state index in [1.165, 1.54) is 0 Å². The first-order chi connectivity index (χ1) is 9.60. The summed E-state index contributed by atoms with van der Waals surface area (Å²) in [7, 11) is 1.61. The van der Waals surface area contributed by atoms with Crippen LogP contribution in [-0.4, -0.2) is 29.6 Å². The van der Waals surface area contributed by atoms with Crippen LogP contribution in [0.1, 0.15) is 13.3 Å². The number of aromatic nitrogens is 2. The standard InChI is InChI=1S/C14H16ClN3O2/c1-9(8-20-2)7-12(19)18-14-13(15)16-10-5-3-4-6-11(10)17-14/h3-6,9H,7-8H2,1-2H3,(H,17,18,19). The van der Waals surface area contributed by atoms with Gasteiger partial charge >= 0.3 is 0 Å². The molecule has 0 bridgehead atoms. The molecule has 0 saturated heterocycles. The third-order valence-corrected chi connectivity index (χ3v) is 3.03. The molecule has 1 aromatic carbocycles. The summed E-state index contributed by atoms with van der Waals surface area (Å²) in [6.07, 6.45) is 0.346. The second-order valence-electron chi connectivity index (χ2n) is 4.66. The molecule has 1 atom stereocenters. The van der Waals surface area contributed by atoms with Crippen LogP contribution in [0.2, 0.25) is 5.15 Å². The summed E-state index contributed by atoms with van der Waals surface area (Å²) < 4.78 is 5.00. The number of hydrogen-bond acceptors (Lipinski definition) is 4. The number of carbonyl (C=O) groups is 1. The van der Waals surface area contributed by atoms with Crippen molar-refractivity contribution < 1.29 is 9.53 Å². The van der Waals surface area contributed by atoms with Crippen molar-refractivity contribution in [2.75, 3.05) is 19.0 Å². The average molecular weight is 294 g/mol. The highest BCUT2D eigenvalue weighted by Gasteiger charge is 2.13. The number of hydrogen-bond donors (Lipinski definition) is 1. The number of rotatable bonds is 5. The summed E-state index contributed by atoms with van der Waals surface area (Å²) in [4.78, 5) is 20.4. The van der Waals surface area contributed by atoms with Gasteiger partial charge in [0.2, 0.25) is 5.91 Å². The molecular formula is C14H16ClN3O2. The van der Waals surface area contributed by atoms with Crippen LogP contribution in [0.4, 0.5) is 5.82 Å². The van der Waals surface area contributed by atoms with E-state index in [-0.39, 0.29) is 17.0 Å². The van der Waals surface area contributed by atoms with Crippen LogP contribution in [0.5, 0.6) is 0 Å². The van der Waals surface area contributed by atoms with Crippen molar-refractivity contribution in [1.82, 2.24) is 9.97 Å². The van der Waals surface area contributed by atoms with Gasteiger partial charge in [-0.1, -0.05) is 30.7 Å². The zero-order chi connectivity index (χ0) is 14.5. The quantitative estimate of drug-likeness (QED) is 0.920. The molecule has 0 aliphatic rings. The molecule has 0 aliphatic heterocycles. The summed E-state index contributed by atoms with van der Waals surface area (Å²) in [5, 5.41) is 2.88. The highest BCUT2D eigenvalue weighted by Crippen LogP contribution is 2.21. The van der Waals surface area contributed by atoms with Gasteiger partial charge in [0.15, 0.2) is 11.0 Å². The smallest absolute Gasteiger partial charge is 0.225 e. The monoisotopic (exact) mass is 293 g/mol. The lowest BCUT2D eigenvalue weighted by molar-refractivity contribution is -0.117. The predicted octanol–water partition coefficient (Wildman–Crippen LogP) is 2.89. The maximum Gasteiger partial charge on any atom is 0.225 e. The lowest BCUT2D eigenvalue weighted by Gasteiger charge is -2.11. The van der Waals surface area contributed by atoms with Gasteiger partial charge in [0.25, 0.3) is 0 Å². The number of fused-ring (bicyclic) bond motifs is 1. The molecule has 1 unspecified atom stereocenters. The van der Waals surface area contributed by atoms with Crippen molar-refractivity contribution >= 4 is 34.4 Å². The minimum atomic E-state index is -0.152. The first-order valence-electron chi connectivity index (χ1n) is 6.31. The Morgan fingerprint density at radius 1 is 1.35 bits per heavy atom. The number of para-hydroxylation sites is 2. The minimum Gasteiger partial charge on any atom is -0.384 e. The van der Waals surface area contributed by atoms with Crippen molar-refractivity contribution in [3.63, 3.8) is 0 Å². The van der Waals surface area contributed by atoms with E-state index in [9.17, 15) is 4.79 Å². The number of methoxy groups -OCH3 is 1. The Hall–Kier alpha value is -1.72. The van der Waals surface area contributed by atoms with Crippen LogP contribution in [-0.2, 0) is 9.53 Å². The molecule has 1 aromatic heterocycles. The fourth-order valence-electron chi connectivity index (χ4n) is 1.90. The molecule has 0 saturated carbocycles. The zero-order valence-corrected chi connectivity index (χ0v) is 12.1. The zero-order valence-electron chi connectivity index (χ0n) is 11.4. The lowest BCUT2D eigenvalue weighted by atomic mass is 10.1. The predicted molar refractivity (Wildman–Crippen MR) is 78.8 cm³/mol. The molecule has 1 heterocycles. The van der Waals surface area contributed by atoms with E-state index in [4.69, 9.17) is 16.3 Å². The van der Waals surface area contributed by atoms with Crippen LogP contribution in [0.3, 0.4) is 0 Å². The number of halogens is 1. The van der Waals surface area contributed by atoms with Gasteiger partial charge in [-0.15, -0.1) is 0 Å². The largest absolute Gasteiger partial charge is 0.384 e. The van der Waals surface area contributed by atoms with Gasteiger partial charge in [-0.2, -0.15) is 0 Å². The van der Waals surface area contributed by atoms with Crippen molar-refractivity contribution in [3.8, 4) is 0 Å². The fourth-order valence-corrected chi connectivity index (χ4v) is 2.08. The number of nitrogens with zero attached hydrogens (tertiary/aromatic N) is 2. The van der Waals surface area contributed by atoms with Gasteiger partial charge in [-0.25, -0.2) is 9.97 Å². The summed E-state index contributed by atoms with van der Waals surface area (Å²) in [5.74, 6) is 0.271. The number of carbonyl (C=O) groups excluding carboxylic acids is 1. The van der Waals surface area contributed by atoms with E-state index in [0.29, 0.717) is 29.9 Å². The second-order valence-corrected chi connectivity index (χ2v) is 5.02. The number of anilines is 1. The Labute approximate surface area is 122 Å². The third kappa shape index (κ3) is 3.65. The molecule has 0 radical (unpaired) electrons. The van der Waals surface area contributed by atoms with E-state index < -0.39 is 0 Å². The molecule has 1 amide bonds. The average Bonchev–Trinajstić information content (AvgIpc) is 2.39. The molecule has 6 heteroatoms. The van der Waals surface area contributed by atoms with E-state index in [1.54, 1.807) is 7.11 Å². The maximum atomic E-state index is 11.9. The number of nitrogens with one attached hydrogen (secondary N) is 1. The third-order valence-electron chi connectivity index (χ3n) is 2.77. The Balaban J connectivity index is 2.13. The molecule has 106 valence electrons. The molecule has 0 fully saturated rings. The highest BCUT2D eigenvalue weighted by molar-refractivity contribution is 6.32. The van der Waals surface area contributed by atoms with Gasteiger partial charge in [0.1, 0.15) is 0 Å². The molecule has 0 spiro atoms. The fraction of sp³-hybridized carbons (Fsp3) is 0.357. The topological polar surface area (TPSA) is 64.1 Å². The summed E-state index contributed by atoms with van der Waals surface area (Å²) in [6.45, 7) is 2.47. The Kier molecular flexibility index (Phi) is 4.87. The molecule has 0 aliphatic carbocycles. The summed E-state index contributed by atoms with van der Waals surface area (Å²) in [5.41, 5.74) is 1.39. The molecule has 2 aromatic rings. The van der Waals surface area contributed by atoms with Crippen molar-refractivity contribution in [1.29, 1.82) is 0 Å². The van der Waals surface area contributed by atoms with E-state index in [1.807, 2.05) is 31.2 Å². The van der Waals surface area contributed by atoms with Crippen molar-refractivity contribution in [3.05, 3.63) is 29.4 Å².